The van der Waals surface area contributed by atoms with Crippen molar-refractivity contribution in [2.24, 2.45) is 0 Å². The molecule has 1 aliphatic rings. The topological polar surface area (TPSA) is 47.6 Å². The van der Waals surface area contributed by atoms with Crippen LogP contribution in [0.25, 0.3) is 0 Å². The molecule has 1 aliphatic carbocycles. The maximum absolute atomic E-state index is 11.9. The molecule has 0 amide bonds. The number of rotatable bonds is 4. The number of carbonyl (C=O) groups excluding carboxylic acids is 1. The van der Waals surface area contributed by atoms with Gasteiger partial charge >= 0.3 is 0 Å². The number of ether oxygens (including phenoxy) is 2. The van der Waals surface area contributed by atoms with E-state index in [-0.39, 0.29) is 5.78 Å². The molecule has 4 nitrogen and oxygen atoms in total. The largest absolute Gasteiger partial charge is 0.497 e. The molecule has 1 saturated carbocycles. The van der Waals surface area contributed by atoms with Gasteiger partial charge in [-0.2, -0.15) is 0 Å². The Kier molecular flexibility index (Phi) is 5.04. The average Bonchev–Trinajstić information content (AvgIpc) is 2.69. The lowest BCUT2D eigenvalue weighted by molar-refractivity contribution is -0.115. The van der Waals surface area contributed by atoms with Crippen LogP contribution in [0.5, 0.6) is 11.5 Å². The smallest absolute Gasteiger partial charge is 0.160 e. The number of Topliss-reactive ketones (excluding diaryl/α,β-unsaturated/α-hetero) is 1. The molecule has 0 heterocycles. The molecule has 0 unspecified atom stereocenters. The summed E-state index contributed by atoms with van der Waals surface area (Å²) in [6.07, 6.45) is 6.55. The van der Waals surface area contributed by atoms with Crippen LogP contribution in [0.3, 0.4) is 0 Å². The van der Waals surface area contributed by atoms with Crippen molar-refractivity contribution in [3.63, 3.8) is 0 Å². The Morgan fingerprint density at radius 2 is 1.90 bits per heavy atom. The first kappa shape index (κ1) is 14.4. The van der Waals surface area contributed by atoms with E-state index in [1.807, 2.05) is 24.4 Å². The third-order valence-corrected chi connectivity index (χ3v) is 3.52. The van der Waals surface area contributed by atoms with Gasteiger partial charge in [-0.05, 0) is 31.4 Å². The van der Waals surface area contributed by atoms with E-state index >= 15 is 0 Å². The summed E-state index contributed by atoms with van der Waals surface area (Å²) in [5.74, 6) is 1.69. The number of hydrogen-bond acceptors (Lipinski definition) is 4. The average molecular weight is 275 g/mol. The second kappa shape index (κ2) is 6.98. The van der Waals surface area contributed by atoms with E-state index in [1.54, 1.807) is 14.2 Å². The quantitative estimate of drug-likeness (QED) is 0.674. The lowest BCUT2D eigenvalue weighted by atomic mass is 10.1. The molecule has 1 aromatic rings. The molecule has 1 aromatic carbocycles. The Labute approximate surface area is 119 Å². The number of allylic oxidation sites excluding steroid dienone is 1. The SMILES string of the molecule is COc1ccc(NC=C2CCCCCC2=O)c(OC)c1. The van der Waals surface area contributed by atoms with Crippen molar-refractivity contribution in [1.29, 1.82) is 0 Å². The van der Waals surface area contributed by atoms with Gasteiger partial charge in [0.25, 0.3) is 0 Å². The van der Waals surface area contributed by atoms with Crippen molar-refractivity contribution in [2.45, 2.75) is 32.1 Å². The first-order valence-corrected chi connectivity index (χ1v) is 6.95. The van der Waals surface area contributed by atoms with Gasteiger partial charge in [-0.25, -0.2) is 0 Å². The molecule has 20 heavy (non-hydrogen) atoms. The number of methoxy groups -OCH3 is 2. The summed E-state index contributed by atoms with van der Waals surface area (Å²) in [6, 6.07) is 5.56. The van der Waals surface area contributed by atoms with Crippen LogP contribution >= 0.6 is 0 Å². The summed E-state index contributed by atoms with van der Waals surface area (Å²) >= 11 is 0. The van der Waals surface area contributed by atoms with Gasteiger partial charge in [-0.1, -0.05) is 6.42 Å². The second-order valence-corrected chi connectivity index (χ2v) is 4.86. The molecule has 1 N–H and O–H groups in total. The Morgan fingerprint density at radius 3 is 2.65 bits per heavy atom. The fourth-order valence-corrected chi connectivity index (χ4v) is 2.31. The van der Waals surface area contributed by atoms with Crippen LogP contribution in [0.15, 0.2) is 30.0 Å². The second-order valence-electron chi connectivity index (χ2n) is 4.86. The molecule has 0 bridgehead atoms. The Bertz CT molecular complexity index is 508. The fraction of sp³-hybridized carbons (Fsp3) is 0.438. The van der Waals surface area contributed by atoms with Crippen LogP contribution in [0.2, 0.25) is 0 Å². The molecule has 108 valence electrons. The van der Waals surface area contributed by atoms with E-state index in [0.29, 0.717) is 12.2 Å². The van der Waals surface area contributed by atoms with Gasteiger partial charge in [0, 0.05) is 24.3 Å². The Hall–Kier alpha value is -1.97. The molecule has 0 radical (unpaired) electrons. The summed E-state index contributed by atoms with van der Waals surface area (Å²) in [5, 5.41) is 3.18. The molecule has 2 rings (SSSR count). The number of carbonyl (C=O) groups is 1. The highest BCUT2D eigenvalue weighted by molar-refractivity contribution is 5.95. The van der Waals surface area contributed by atoms with Gasteiger partial charge in [-0.15, -0.1) is 0 Å². The molecular weight excluding hydrogens is 254 g/mol. The van der Waals surface area contributed by atoms with Crippen molar-refractivity contribution in [3.05, 3.63) is 30.0 Å². The first-order valence-electron chi connectivity index (χ1n) is 6.95. The third-order valence-electron chi connectivity index (χ3n) is 3.52. The van der Waals surface area contributed by atoms with Crippen LogP contribution in [-0.4, -0.2) is 20.0 Å². The predicted octanol–water partition coefficient (Wildman–Crippen LogP) is 3.53. The minimum atomic E-state index is 0.252. The van der Waals surface area contributed by atoms with E-state index in [9.17, 15) is 4.79 Å². The van der Waals surface area contributed by atoms with Crippen LogP contribution in [-0.2, 0) is 4.79 Å². The summed E-state index contributed by atoms with van der Waals surface area (Å²) in [4.78, 5) is 11.9. The highest BCUT2D eigenvalue weighted by atomic mass is 16.5. The lowest BCUT2D eigenvalue weighted by Gasteiger charge is -2.11. The van der Waals surface area contributed by atoms with Crippen molar-refractivity contribution in [3.8, 4) is 11.5 Å². The van der Waals surface area contributed by atoms with Gasteiger partial charge in [0.1, 0.15) is 11.5 Å². The van der Waals surface area contributed by atoms with Gasteiger partial charge in [0.05, 0.1) is 19.9 Å². The standard InChI is InChI=1S/C16H21NO3/c1-19-13-8-9-14(16(10-13)20-2)17-11-12-6-4-3-5-7-15(12)18/h8-11,17H,3-7H2,1-2H3. The molecule has 0 aromatic heterocycles. The molecule has 0 saturated heterocycles. The third kappa shape index (κ3) is 3.53. The Morgan fingerprint density at radius 1 is 1.10 bits per heavy atom. The van der Waals surface area contributed by atoms with Crippen molar-refractivity contribution < 1.29 is 14.3 Å². The van der Waals surface area contributed by atoms with E-state index in [2.05, 4.69) is 5.32 Å². The zero-order valence-electron chi connectivity index (χ0n) is 12.1. The minimum Gasteiger partial charge on any atom is -0.497 e. The number of anilines is 1. The van der Waals surface area contributed by atoms with Crippen LogP contribution in [0.4, 0.5) is 5.69 Å². The van der Waals surface area contributed by atoms with Gasteiger partial charge in [-0.3, -0.25) is 4.79 Å². The normalized spacial score (nSPS) is 17.7. The molecular formula is C16H21NO3. The molecule has 0 spiro atoms. The minimum absolute atomic E-state index is 0.252. The summed E-state index contributed by atoms with van der Waals surface area (Å²) in [6.45, 7) is 0. The molecule has 0 atom stereocenters. The van der Waals surface area contributed by atoms with Crippen molar-refractivity contribution in [1.82, 2.24) is 0 Å². The number of nitrogens with one attached hydrogen (secondary N) is 1. The first-order chi connectivity index (χ1) is 9.74. The number of ketones is 1. The summed E-state index contributed by atoms with van der Waals surface area (Å²) in [7, 11) is 3.23. The highest BCUT2D eigenvalue weighted by Crippen LogP contribution is 2.29. The van der Waals surface area contributed by atoms with E-state index in [1.165, 1.54) is 0 Å². The number of benzene rings is 1. The predicted molar refractivity (Wildman–Crippen MR) is 79.3 cm³/mol. The van der Waals surface area contributed by atoms with E-state index in [0.717, 1.165) is 42.7 Å². The van der Waals surface area contributed by atoms with E-state index in [4.69, 9.17) is 9.47 Å². The zero-order chi connectivity index (χ0) is 14.4. The van der Waals surface area contributed by atoms with Crippen LogP contribution < -0.4 is 14.8 Å². The maximum atomic E-state index is 11.9. The van der Waals surface area contributed by atoms with Gasteiger partial charge < -0.3 is 14.8 Å². The maximum Gasteiger partial charge on any atom is 0.160 e. The summed E-state index contributed by atoms with van der Waals surface area (Å²) < 4.78 is 10.5. The lowest BCUT2D eigenvalue weighted by Crippen LogP contribution is -2.03. The number of hydrogen-bond donors (Lipinski definition) is 1. The molecule has 0 aliphatic heterocycles. The van der Waals surface area contributed by atoms with Crippen LogP contribution in [0.1, 0.15) is 32.1 Å². The monoisotopic (exact) mass is 275 g/mol. The van der Waals surface area contributed by atoms with Gasteiger partial charge in [0.15, 0.2) is 5.78 Å². The summed E-state index contributed by atoms with van der Waals surface area (Å²) in [5.41, 5.74) is 1.71. The Balaban J connectivity index is 2.14. The van der Waals surface area contributed by atoms with E-state index < -0.39 is 0 Å². The highest BCUT2D eigenvalue weighted by Gasteiger charge is 2.13. The molecule has 4 heteroatoms. The van der Waals surface area contributed by atoms with Crippen LogP contribution in [0, 0.1) is 0 Å². The van der Waals surface area contributed by atoms with Gasteiger partial charge in [0.2, 0.25) is 0 Å². The zero-order valence-corrected chi connectivity index (χ0v) is 12.1. The van der Waals surface area contributed by atoms with Crippen molar-refractivity contribution in [2.75, 3.05) is 19.5 Å². The fourth-order valence-electron chi connectivity index (χ4n) is 2.31. The molecule has 1 fully saturated rings. The van der Waals surface area contributed by atoms with Crippen molar-refractivity contribution >= 4 is 11.5 Å².